The van der Waals surface area contributed by atoms with Crippen LogP contribution >= 0.6 is 11.7 Å². The molecule has 1 aromatic heterocycles. The van der Waals surface area contributed by atoms with Crippen LogP contribution < -0.4 is 10.0 Å². The van der Waals surface area contributed by atoms with Crippen molar-refractivity contribution in [1.82, 2.24) is 13.5 Å². The first kappa shape index (κ1) is 19.8. The van der Waals surface area contributed by atoms with Gasteiger partial charge in [0.1, 0.15) is 16.9 Å². The fourth-order valence-electron chi connectivity index (χ4n) is 2.25. The lowest BCUT2D eigenvalue weighted by atomic mass is 10.2. The summed E-state index contributed by atoms with van der Waals surface area (Å²) in [5.74, 6) is -2.82. The van der Waals surface area contributed by atoms with Crippen LogP contribution in [0.2, 0.25) is 0 Å². The fraction of sp³-hybridized carbons (Fsp3) is 0.125. The average Bonchev–Trinajstić information content (AvgIpc) is 3.16. The Morgan fingerprint density at radius 1 is 1.21 bits per heavy atom. The van der Waals surface area contributed by atoms with E-state index in [1.165, 1.54) is 7.05 Å². The predicted octanol–water partition coefficient (Wildman–Crippen LogP) is 1.53. The van der Waals surface area contributed by atoms with Crippen molar-refractivity contribution < 1.29 is 27.1 Å². The molecule has 0 spiro atoms. The van der Waals surface area contributed by atoms with Crippen molar-refractivity contribution in [3.8, 4) is 0 Å². The van der Waals surface area contributed by atoms with Gasteiger partial charge in [0.15, 0.2) is 6.61 Å². The van der Waals surface area contributed by atoms with Crippen molar-refractivity contribution in [2.45, 2.75) is 4.90 Å². The molecule has 0 aliphatic heterocycles. The highest BCUT2D eigenvalue weighted by atomic mass is 32.2. The summed E-state index contributed by atoms with van der Waals surface area (Å²) < 4.78 is 52.4. The van der Waals surface area contributed by atoms with Gasteiger partial charge in [0.2, 0.25) is 10.0 Å². The molecule has 1 heterocycles. The third-order valence-electron chi connectivity index (χ3n) is 3.63. The number of rotatable bonds is 6. The number of aromatic nitrogens is 2. The van der Waals surface area contributed by atoms with E-state index in [4.69, 9.17) is 4.74 Å². The van der Waals surface area contributed by atoms with Crippen LogP contribution in [0.15, 0.2) is 41.3 Å². The van der Waals surface area contributed by atoms with Crippen molar-refractivity contribution in [1.29, 1.82) is 0 Å². The highest BCUT2D eigenvalue weighted by Gasteiger charge is 2.20. The number of hydrogen-bond acceptors (Lipinski definition) is 8. The lowest BCUT2D eigenvalue weighted by Crippen LogP contribution is -2.22. The molecule has 3 rings (SSSR count). The van der Waals surface area contributed by atoms with Crippen molar-refractivity contribution in [3.63, 3.8) is 0 Å². The number of anilines is 1. The Hall–Kier alpha value is -2.96. The number of carbonyl (C=O) groups excluding carboxylic acids is 2. The lowest BCUT2D eigenvalue weighted by Gasteiger charge is -2.09. The number of halogens is 1. The molecule has 12 heteroatoms. The smallest absolute Gasteiger partial charge is 0.341 e. The molecule has 0 aliphatic carbocycles. The number of nitrogens with one attached hydrogen (secondary N) is 2. The highest BCUT2D eigenvalue weighted by molar-refractivity contribution is 7.89. The van der Waals surface area contributed by atoms with E-state index in [0.717, 1.165) is 29.9 Å². The number of benzene rings is 2. The molecular formula is C16H13FN4O5S2. The summed E-state index contributed by atoms with van der Waals surface area (Å²) in [6.07, 6.45) is 0. The molecule has 0 fully saturated rings. The minimum absolute atomic E-state index is 0.310. The third kappa shape index (κ3) is 4.13. The molecule has 0 unspecified atom stereocenters. The Morgan fingerprint density at radius 3 is 2.75 bits per heavy atom. The van der Waals surface area contributed by atoms with Crippen LogP contribution in [0.3, 0.4) is 0 Å². The van der Waals surface area contributed by atoms with E-state index in [9.17, 15) is 22.4 Å². The molecule has 3 aromatic rings. The monoisotopic (exact) mass is 424 g/mol. The number of sulfonamides is 1. The van der Waals surface area contributed by atoms with Crippen molar-refractivity contribution in [2.24, 2.45) is 0 Å². The zero-order valence-corrected chi connectivity index (χ0v) is 15.9. The fourth-order valence-corrected chi connectivity index (χ4v) is 3.55. The van der Waals surface area contributed by atoms with E-state index in [1.807, 2.05) is 0 Å². The van der Waals surface area contributed by atoms with E-state index in [2.05, 4.69) is 18.8 Å². The Kier molecular flexibility index (Phi) is 5.63. The second-order valence-electron chi connectivity index (χ2n) is 5.41. The first-order valence-corrected chi connectivity index (χ1v) is 9.94. The van der Waals surface area contributed by atoms with Gasteiger partial charge in [-0.1, -0.05) is 6.07 Å². The van der Waals surface area contributed by atoms with Gasteiger partial charge >= 0.3 is 5.97 Å². The Morgan fingerprint density at radius 2 is 2.00 bits per heavy atom. The van der Waals surface area contributed by atoms with Gasteiger partial charge in [-0.25, -0.2) is 22.3 Å². The molecule has 9 nitrogen and oxygen atoms in total. The van der Waals surface area contributed by atoms with Crippen LogP contribution in [-0.2, 0) is 19.6 Å². The molecule has 2 N–H and O–H groups in total. The molecule has 146 valence electrons. The van der Waals surface area contributed by atoms with Gasteiger partial charge in [0, 0.05) is 0 Å². The van der Waals surface area contributed by atoms with Gasteiger partial charge in [0.05, 0.1) is 27.9 Å². The average molecular weight is 424 g/mol. The van der Waals surface area contributed by atoms with Gasteiger partial charge in [-0.2, -0.15) is 8.75 Å². The maximum atomic E-state index is 13.9. The van der Waals surface area contributed by atoms with E-state index in [-0.39, 0.29) is 4.90 Å². The quantitative estimate of drug-likeness (QED) is 0.575. The zero-order valence-electron chi connectivity index (χ0n) is 14.3. The molecule has 0 radical (unpaired) electrons. The first-order chi connectivity index (χ1) is 13.3. The molecule has 0 atom stereocenters. The standard InChI is InChI=1S/C16H13FN4O5S2/c1-18-28(24,25)9-5-6-11(17)10(7-9)16(23)26-8-14(22)19-12-3-2-4-13-15(12)21-27-20-13/h2-7,18H,8H2,1H3,(H,19,22). The Balaban J connectivity index is 1.69. The summed E-state index contributed by atoms with van der Waals surface area (Å²) in [6.45, 7) is -0.699. The lowest BCUT2D eigenvalue weighted by molar-refractivity contribution is -0.119. The number of nitrogens with zero attached hydrogens (tertiary/aromatic N) is 2. The Bertz CT molecular complexity index is 1160. The SMILES string of the molecule is CNS(=O)(=O)c1ccc(F)c(C(=O)OCC(=O)Nc2cccc3nsnc23)c1. The number of esters is 1. The number of amides is 1. The topological polar surface area (TPSA) is 127 Å². The van der Waals surface area contributed by atoms with Gasteiger partial charge in [-0.05, 0) is 37.4 Å². The van der Waals surface area contributed by atoms with Crippen LogP contribution in [0.4, 0.5) is 10.1 Å². The number of fused-ring (bicyclic) bond motifs is 1. The van der Waals surface area contributed by atoms with Crippen LogP contribution in [0, 0.1) is 5.82 Å². The Labute approximate surface area is 162 Å². The van der Waals surface area contributed by atoms with E-state index in [0.29, 0.717) is 16.7 Å². The normalized spacial score (nSPS) is 11.4. The molecule has 1 amide bonds. The first-order valence-electron chi connectivity index (χ1n) is 7.73. The maximum absolute atomic E-state index is 13.9. The number of carbonyl (C=O) groups is 2. The zero-order chi connectivity index (χ0) is 20.3. The second-order valence-corrected chi connectivity index (χ2v) is 7.83. The summed E-state index contributed by atoms with van der Waals surface area (Å²) >= 11 is 0.984. The molecule has 28 heavy (non-hydrogen) atoms. The largest absolute Gasteiger partial charge is 0.452 e. The predicted molar refractivity (Wildman–Crippen MR) is 99.0 cm³/mol. The van der Waals surface area contributed by atoms with E-state index >= 15 is 0 Å². The minimum Gasteiger partial charge on any atom is -0.452 e. The molecule has 2 aromatic carbocycles. The summed E-state index contributed by atoms with van der Waals surface area (Å²) in [6, 6.07) is 7.68. The second kappa shape index (κ2) is 7.96. The van der Waals surface area contributed by atoms with E-state index in [1.54, 1.807) is 18.2 Å². The highest BCUT2D eigenvalue weighted by Crippen LogP contribution is 2.21. The maximum Gasteiger partial charge on any atom is 0.341 e. The van der Waals surface area contributed by atoms with Crippen molar-refractivity contribution >= 4 is 50.3 Å². The summed E-state index contributed by atoms with van der Waals surface area (Å²) in [5.41, 5.74) is 0.878. The van der Waals surface area contributed by atoms with Gasteiger partial charge < -0.3 is 10.1 Å². The minimum atomic E-state index is -3.87. The summed E-state index contributed by atoms with van der Waals surface area (Å²) in [7, 11) is -2.69. The van der Waals surface area contributed by atoms with Crippen LogP contribution in [0.25, 0.3) is 11.0 Å². The van der Waals surface area contributed by atoms with Gasteiger partial charge in [-0.3, -0.25) is 4.79 Å². The van der Waals surface area contributed by atoms with Crippen molar-refractivity contribution in [2.75, 3.05) is 19.0 Å². The number of ether oxygens (including phenoxy) is 1. The molecular weight excluding hydrogens is 411 g/mol. The van der Waals surface area contributed by atoms with E-state index < -0.39 is 39.9 Å². The summed E-state index contributed by atoms with van der Waals surface area (Å²) in [4.78, 5) is 23.8. The number of hydrogen-bond donors (Lipinski definition) is 2. The molecule has 0 aliphatic rings. The van der Waals surface area contributed by atoms with Crippen molar-refractivity contribution in [3.05, 3.63) is 47.8 Å². The summed E-state index contributed by atoms with van der Waals surface area (Å²) in [5, 5.41) is 2.53. The van der Waals surface area contributed by atoms with Gasteiger partial charge in [-0.15, -0.1) is 0 Å². The van der Waals surface area contributed by atoms with Gasteiger partial charge in [0.25, 0.3) is 5.91 Å². The molecule has 0 saturated heterocycles. The molecule has 0 saturated carbocycles. The van der Waals surface area contributed by atoms with Crippen LogP contribution in [-0.4, -0.2) is 42.7 Å². The molecule has 0 bridgehead atoms. The third-order valence-corrected chi connectivity index (χ3v) is 5.59. The van der Waals surface area contributed by atoms with Crippen LogP contribution in [0.5, 0.6) is 0 Å². The van der Waals surface area contributed by atoms with Crippen LogP contribution in [0.1, 0.15) is 10.4 Å².